The SMILES string of the molecule is COC(=O)c1ccc(C(C)Nc2ncc3ccc(=O)n(Cc4c(F)cccc4F)c3n2)cc1. The van der Waals surface area contributed by atoms with E-state index in [0.717, 1.165) is 17.7 Å². The van der Waals surface area contributed by atoms with E-state index < -0.39 is 23.2 Å². The number of ether oxygens (including phenoxy) is 1. The van der Waals surface area contributed by atoms with Crippen LogP contribution in [0.1, 0.15) is 34.5 Å². The van der Waals surface area contributed by atoms with E-state index >= 15 is 0 Å². The molecule has 1 N–H and O–H groups in total. The maximum Gasteiger partial charge on any atom is 0.337 e. The molecule has 2 aromatic heterocycles. The third-order valence-corrected chi connectivity index (χ3v) is 5.28. The summed E-state index contributed by atoms with van der Waals surface area (Å²) in [5.74, 6) is -1.67. The molecule has 0 saturated carbocycles. The van der Waals surface area contributed by atoms with Crippen LogP contribution in [0.2, 0.25) is 0 Å². The number of benzene rings is 2. The minimum absolute atomic E-state index is 0.223. The van der Waals surface area contributed by atoms with Crippen LogP contribution in [-0.2, 0) is 11.3 Å². The minimum atomic E-state index is -0.740. The summed E-state index contributed by atoms with van der Waals surface area (Å²) in [5, 5.41) is 3.69. The molecule has 0 bridgehead atoms. The maximum absolute atomic E-state index is 14.2. The van der Waals surface area contributed by atoms with Gasteiger partial charge in [0, 0.05) is 23.2 Å². The van der Waals surface area contributed by atoms with Crippen molar-refractivity contribution in [3.05, 3.63) is 99.5 Å². The standard InChI is InChI=1S/C24H20F2N4O3/c1-14(15-6-8-16(9-7-15)23(32)33-2)28-24-27-12-17-10-11-21(31)30(22(17)29-24)13-18-19(25)4-3-5-20(18)26/h3-12,14H,13H2,1-2H3,(H,27,28,29). The highest BCUT2D eigenvalue weighted by molar-refractivity contribution is 5.89. The summed E-state index contributed by atoms with van der Waals surface area (Å²) >= 11 is 0. The van der Waals surface area contributed by atoms with Crippen molar-refractivity contribution in [1.82, 2.24) is 14.5 Å². The average Bonchev–Trinajstić information content (AvgIpc) is 2.82. The fourth-order valence-electron chi connectivity index (χ4n) is 3.44. The molecule has 2 heterocycles. The van der Waals surface area contributed by atoms with Crippen molar-refractivity contribution >= 4 is 23.0 Å². The lowest BCUT2D eigenvalue weighted by Crippen LogP contribution is -2.22. The van der Waals surface area contributed by atoms with Gasteiger partial charge in [0.15, 0.2) is 0 Å². The highest BCUT2D eigenvalue weighted by atomic mass is 19.1. The molecule has 0 aliphatic heterocycles. The van der Waals surface area contributed by atoms with Crippen molar-refractivity contribution in [1.29, 1.82) is 0 Å². The van der Waals surface area contributed by atoms with Gasteiger partial charge < -0.3 is 10.1 Å². The predicted molar refractivity (Wildman–Crippen MR) is 119 cm³/mol. The molecular formula is C24H20F2N4O3. The molecule has 168 valence electrons. The van der Waals surface area contributed by atoms with E-state index in [4.69, 9.17) is 4.74 Å². The molecular weight excluding hydrogens is 430 g/mol. The topological polar surface area (TPSA) is 86.1 Å². The molecule has 1 unspecified atom stereocenters. The Bertz CT molecular complexity index is 1370. The van der Waals surface area contributed by atoms with Gasteiger partial charge in [-0.1, -0.05) is 18.2 Å². The molecule has 0 fully saturated rings. The molecule has 7 nitrogen and oxygen atoms in total. The Balaban J connectivity index is 1.65. The number of halogens is 2. The summed E-state index contributed by atoms with van der Waals surface area (Å²) in [6, 6.07) is 13.1. The zero-order chi connectivity index (χ0) is 23.5. The van der Waals surface area contributed by atoms with E-state index in [9.17, 15) is 18.4 Å². The summed E-state index contributed by atoms with van der Waals surface area (Å²) in [6.07, 6.45) is 1.53. The molecule has 0 radical (unpaired) electrons. The first-order valence-electron chi connectivity index (χ1n) is 10.1. The lowest BCUT2D eigenvalue weighted by Gasteiger charge is -2.16. The number of carbonyl (C=O) groups is 1. The maximum atomic E-state index is 14.2. The van der Waals surface area contributed by atoms with E-state index in [2.05, 4.69) is 15.3 Å². The molecule has 33 heavy (non-hydrogen) atoms. The number of rotatable bonds is 6. The first-order chi connectivity index (χ1) is 15.9. The number of anilines is 1. The van der Waals surface area contributed by atoms with Crippen molar-refractivity contribution in [2.75, 3.05) is 12.4 Å². The number of fused-ring (bicyclic) bond motifs is 1. The van der Waals surface area contributed by atoms with Crippen molar-refractivity contribution in [3.63, 3.8) is 0 Å². The molecule has 1 atom stereocenters. The van der Waals surface area contributed by atoms with Gasteiger partial charge in [0.25, 0.3) is 5.56 Å². The van der Waals surface area contributed by atoms with Gasteiger partial charge in [0.05, 0.1) is 25.3 Å². The second kappa shape index (κ2) is 9.15. The van der Waals surface area contributed by atoms with Crippen LogP contribution < -0.4 is 10.9 Å². The Hall–Kier alpha value is -4.14. The van der Waals surface area contributed by atoms with Crippen LogP contribution in [-0.4, -0.2) is 27.6 Å². The molecule has 2 aromatic carbocycles. The summed E-state index contributed by atoms with van der Waals surface area (Å²) in [4.78, 5) is 32.9. The summed E-state index contributed by atoms with van der Waals surface area (Å²) in [7, 11) is 1.32. The number of esters is 1. The Morgan fingerprint density at radius 2 is 1.79 bits per heavy atom. The summed E-state index contributed by atoms with van der Waals surface area (Å²) in [6.45, 7) is 1.57. The number of carbonyl (C=O) groups excluding carboxylic acids is 1. The quantitative estimate of drug-likeness (QED) is 0.446. The second-order valence-corrected chi connectivity index (χ2v) is 7.41. The van der Waals surface area contributed by atoms with Crippen molar-refractivity contribution in [2.45, 2.75) is 19.5 Å². The molecule has 0 amide bonds. The summed E-state index contributed by atoms with van der Waals surface area (Å²) in [5.41, 5.74) is 0.876. The zero-order valence-corrected chi connectivity index (χ0v) is 17.9. The van der Waals surface area contributed by atoms with Crippen LogP contribution in [0.15, 0.2) is 65.6 Å². The Morgan fingerprint density at radius 1 is 1.09 bits per heavy atom. The first-order valence-corrected chi connectivity index (χ1v) is 10.1. The van der Waals surface area contributed by atoms with Crippen molar-refractivity contribution in [2.24, 2.45) is 0 Å². The predicted octanol–water partition coefficient (Wildman–Crippen LogP) is 4.08. The van der Waals surface area contributed by atoms with Gasteiger partial charge in [-0.05, 0) is 42.8 Å². The van der Waals surface area contributed by atoms with Gasteiger partial charge in [-0.15, -0.1) is 0 Å². The minimum Gasteiger partial charge on any atom is -0.465 e. The van der Waals surface area contributed by atoms with Crippen molar-refractivity contribution in [3.8, 4) is 0 Å². The van der Waals surface area contributed by atoms with E-state index in [1.807, 2.05) is 6.92 Å². The number of hydrogen-bond acceptors (Lipinski definition) is 6. The van der Waals surface area contributed by atoms with Gasteiger partial charge in [0.1, 0.15) is 17.3 Å². The third-order valence-electron chi connectivity index (χ3n) is 5.28. The molecule has 4 rings (SSSR count). The van der Waals surface area contributed by atoms with E-state index in [0.29, 0.717) is 10.9 Å². The van der Waals surface area contributed by atoms with Crippen LogP contribution in [0.5, 0.6) is 0 Å². The fraction of sp³-hybridized carbons (Fsp3) is 0.167. The lowest BCUT2D eigenvalue weighted by atomic mass is 10.1. The molecule has 0 spiro atoms. The Morgan fingerprint density at radius 3 is 2.45 bits per heavy atom. The van der Waals surface area contributed by atoms with E-state index in [-0.39, 0.29) is 29.7 Å². The highest BCUT2D eigenvalue weighted by Gasteiger charge is 2.15. The third kappa shape index (κ3) is 4.57. The number of aromatic nitrogens is 3. The fourth-order valence-corrected chi connectivity index (χ4v) is 3.44. The monoisotopic (exact) mass is 450 g/mol. The smallest absolute Gasteiger partial charge is 0.337 e. The van der Waals surface area contributed by atoms with E-state index in [1.54, 1.807) is 30.3 Å². The number of hydrogen-bond donors (Lipinski definition) is 1. The second-order valence-electron chi connectivity index (χ2n) is 7.41. The molecule has 0 aliphatic carbocycles. The van der Waals surface area contributed by atoms with Gasteiger partial charge in [-0.3, -0.25) is 9.36 Å². The van der Waals surface area contributed by atoms with Crippen molar-refractivity contribution < 1.29 is 18.3 Å². The normalized spacial score (nSPS) is 11.9. The summed E-state index contributed by atoms with van der Waals surface area (Å²) < 4.78 is 34.3. The van der Waals surface area contributed by atoms with Crippen LogP contribution in [0, 0.1) is 11.6 Å². The number of pyridine rings is 1. The van der Waals surface area contributed by atoms with Gasteiger partial charge in [0.2, 0.25) is 5.95 Å². The van der Waals surface area contributed by atoms with Crippen LogP contribution in [0.25, 0.3) is 11.0 Å². The molecule has 0 aliphatic rings. The van der Waals surface area contributed by atoms with Crippen LogP contribution >= 0.6 is 0 Å². The van der Waals surface area contributed by atoms with Crippen LogP contribution in [0.4, 0.5) is 14.7 Å². The number of nitrogens with one attached hydrogen (secondary N) is 1. The average molecular weight is 450 g/mol. The Kier molecular flexibility index (Phi) is 6.12. The highest BCUT2D eigenvalue weighted by Crippen LogP contribution is 2.20. The molecule has 9 heteroatoms. The molecule has 0 saturated heterocycles. The Labute approximate surface area is 187 Å². The molecule has 4 aromatic rings. The number of nitrogens with zero attached hydrogens (tertiary/aromatic N) is 3. The van der Waals surface area contributed by atoms with E-state index in [1.165, 1.54) is 30.0 Å². The van der Waals surface area contributed by atoms with Gasteiger partial charge >= 0.3 is 5.97 Å². The van der Waals surface area contributed by atoms with Crippen LogP contribution in [0.3, 0.4) is 0 Å². The first kappa shape index (κ1) is 22.1. The largest absolute Gasteiger partial charge is 0.465 e. The van der Waals surface area contributed by atoms with Gasteiger partial charge in [-0.2, -0.15) is 4.98 Å². The number of methoxy groups -OCH3 is 1. The van der Waals surface area contributed by atoms with Gasteiger partial charge in [-0.25, -0.2) is 18.6 Å². The lowest BCUT2D eigenvalue weighted by molar-refractivity contribution is 0.0600. The zero-order valence-electron chi connectivity index (χ0n) is 17.9.